The van der Waals surface area contributed by atoms with E-state index in [9.17, 15) is 0 Å². The Hall–Kier alpha value is -1.34. The average molecular weight is 312 g/mol. The maximum atomic E-state index is 9.08. The lowest BCUT2D eigenvalue weighted by Crippen LogP contribution is -3.13. The van der Waals surface area contributed by atoms with Crippen LogP contribution >= 0.6 is 0 Å². The van der Waals surface area contributed by atoms with E-state index in [2.05, 4.69) is 0 Å². The van der Waals surface area contributed by atoms with Gasteiger partial charge in [-0.25, -0.2) is 0 Å². The molecule has 0 saturated carbocycles. The zero-order valence-corrected chi connectivity index (χ0v) is 13.0. The topological polar surface area (TPSA) is 61.6 Å². The standard InChI is InChI=1S/C16H25NO5/c18-8-5-17-6-9-19-11-13-21-15-3-1-2-4-16(15)22-14-12-20-10-7-17/h1-4,18H,5-14H2/p+1. The van der Waals surface area contributed by atoms with Crippen molar-refractivity contribution in [2.24, 2.45) is 0 Å². The third kappa shape index (κ3) is 6.19. The van der Waals surface area contributed by atoms with Crippen molar-refractivity contribution >= 4 is 0 Å². The van der Waals surface area contributed by atoms with Gasteiger partial charge in [-0.3, -0.25) is 0 Å². The average Bonchev–Trinajstić information content (AvgIpc) is 2.55. The molecule has 1 aliphatic heterocycles. The third-order valence-corrected chi connectivity index (χ3v) is 3.48. The number of hydrogen-bond acceptors (Lipinski definition) is 5. The molecule has 2 N–H and O–H groups in total. The lowest BCUT2D eigenvalue weighted by Gasteiger charge is -2.18. The Morgan fingerprint density at radius 2 is 1.36 bits per heavy atom. The molecule has 0 saturated heterocycles. The van der Waals surface area contributed by atoms with Gasteiger partial charge in [0.15, 0.2) is 11.5 Å². The zero-order chi connectivity index (χ0) is 15.5. The van der Waals surface area contributed by atoms with Gasteiger partial charge in [-0.15, -0.1) is 0 Å². The number of quaternary nitrogens is 1. The van der Waals surface area contributed by atoms with Crippen molar-refractivity contribution in [3.8, 4) is 11.5 Å². The fourth-order valence-corrected chi connectivity index (χ4v) is 2.28. The van der Waals surface area contributed by atoms with E-state index in [-0.39, 0.29) is 6.61 Å². The predicted octanol–water partition coefficient (Wildman–Crippen LogP) is -0.632. The predicted molar refractivity (Wildman–Crippen MR) is 81.7 cm³/mol. The molecular formula is C16H26NO5+. The Morgan fingerprint density at radius 3 is 1.86 bits per heavy atom. The zero-order valence-electron chi connectivity index (χ0n) is 13.0. The summed E-state index contributed by atoms with van der Waals surface area (Å²) in [6, 6.07) is 7.62. The SMILES string of the molecule is OCC[NH+]1CCOCCOc2ccccc2OCCOCC1. The molecule has 0 radical (unpaired) electrons. The van der Waals surface area contributed by atoms with E-state index in [1.807, 2.05) is 24.3 Å². The fourth-order valence-electron chi connectivity index (χ4n) is 2.28. The van der Waals surface area contributed by atoms with Crippen molar-refractivity contribution in [1.82, 2.24) is 0 Å². The lowest BCUT2D eigenvalue weighted by molar-refractivity contribution is -0.901. The van der Waals surface area contributed by atoms with E-state index in [1.165, 1.54) is 4.90 Å². The normalized spacial score (nSPS) is 19.1. The fraction of sp³-hybridized carbons (Fsp3) is 0.625. The molecule has 0 fully saturated rings. The van der Waals surface area contributed by atoms with Crippen LogP contribution in [0.25, 0.3) is 0 Å². The van der Waals surface area contributed by atoms with Crippen LogP contribution in [0.15, 0.2) is 24.3 Å². The molecule has 0 aromatic heterocycles. The number of aliphatic hydroxyl groups is 1. The van der Waals surface area contributed by atoms with Crippen molar-refractivity contribution < 1.29 is 29.0 Å². The molecule has 1 aromatic rings. The summed E-state index contributed by atoms with van der Waals surface area (Å²) in [5, 5.41) is 9.08. The molecule has 1 heterocycles. The minimum atomic E-state index is 0.177. The van der Waals surface area contributed by atoms with Crippen LogP contribution in [0.5, 0.6) is 11.5 Å². The van der Waals surface area contributed by atoms with E-state index in [4.69, 9.17) is 24.1 Å². The molecule has 0 atom stereocenters. The van der Waals surface area contributed by atoms with Crippen LogP contribution in [0.3, 0.4) is 0 Å². The third-order valence-electron chi connectivity index (χ3n) is 3.48. The second-order valence-electron chi connectivity index (χ2n) is 5.09. The summed E-state index contributed by atoms with van der Waals surface area (Å²) >= 11 is 0. The molecule has 1 aliphatic rings. The Labute approximate surface area is 131 Å². The quantitative estimate of drug-likeness (QED) is 0.761. The van der Waals surface area contributed by atoms with Crippen LogP contribution in [0, 0.1) is 0 Å². The van der Waals surface area contributed by atoms with Gasteiger partial charge in [-0.1, -0.05) is 12.1 Å². The van der Waals surface area contributed by atoms with Gasteiger partial charge in [0.05, 0.1) is 33.0 Å². The van der Waals surface area contributed by atoms with Crippen molar-refractivity contribution in [3.05, 3.63) is 24.3 Å². The van der Waals surface area contributed by atoms with Crippen molar-refractivity contribution in [2.75, 3.05) is 65.9 Å². The molecule has 6 heteroatoms. The highest BCUT2D eigenvalue weighted by Crippen LogP contribution is 2.26. The minimum Gasteiger partial charge on any atom is -0.487 e. The van der Waals surface area contributed by atoms with Gasteiger partial charge in [0.25, 0.3) is 0 Å². The molecule has 0 spiro atoms. The van der Waals surface area contributed by atoms with Crippen molar-refractivity contribution in [2.45, 2.75) is 0 Å². The van der Waals surface area contributed by atoms with Crippen molar-refractivity contribution in [3.63, 3.8) is 0 Å². The molecule has 0 aliphatic carbocycles. The smallest absolute Gasteiger partial charge is 0.161 e. The van der Waals surface area contributed by atoms with E-state index in [0.717, 1.165) is 24.6 Å². The molecule has 2 rings (SSSR count). The number of nitrogens with one attached hydrogen (secondary N) is 1. The van der Waals surface area contributed by atoms with Crippen LogP contribution in [0.2, 0.25) is 0 Å². The summed E-state index contributed by atoms with van der Waals surface area (Å²) in [6.45, 7) is 5.97. The maximum absolute atomic E-state index is 9.08. The number of benzene rings is 1. The largest absolute Gasteiger partial charge is 0.487 e. The Morgan fingerprint density at radius 1 is 0.818 bits per heavy atom. The van der Waals surface area contributed by atoms with Crippen LogP contribution in [-0.2, 0) is 9.47 Å². The van der Waals surface area contributed by atoms with Gasteiger partial charge >= 0.3 is 0 Å². The van der Waals surface area contributed by atoms with Gasteiger partial charge in [0.2, 0.25) is 0 Å². The molecule has 0 bridgehead atoms. The first-order valence-corrected chi connectivity index (χ1v) is 7.84. The molecule has 1 aromatic carbocycles. The summed E-state index contributed by atoms with van der Waals surface area (Å²) in [5.74, 6) is 1.46. The summed E-state index contributed by atoms with van der Waals surface area (Å²) in [5.41, 5.74) is 0. The van der Waals surface area contributed by atoms with Crippen LogP contribution in [0.1, 0.15) is 0 Å². The Kier molecular flexibility index (Phi) is 8.04. The molecule has 22 heavy (non-hydrogen) atoms. The maximum Gasteiger partial charge on any atom is 0.161 e. The highest BCUT2D eigenvalue weighted by atomic mass is 16.6. The van der Waals surface area contributed by atoms with E-state index in [0.29, 0.717) is 46.2 Å². The Balaban J connectivity index is 1.86. The first-order chi connectivity index (χ1) is 10.9. The van der Waals surface area contributed by atoms with Gasteiger partial charge in [0, 0.05) is 0 Å². The lowest BCUT2D eigenvalue weighted by atomic mass is 10.3. The van der Waals surface area contributed by atoms with Crippen LogP contribution in [0.4, 0.5) is 0 Å². The molecule has 6 nitrogen and oxygen atoms in total. The molecule has 0 amide bonds. The summed E-state index contributed by atoms with van der Waals surface area (Å²) in [7, 11) is 0. The summed E-state index contributed by atoms with van der Waals surface area (Å²) < 4.78 is 22.6. The Bertz CT molecular complexity index is 380. The first kappa shape index (κ1) is 17.0. The second-order valence-corrected chi connectivity index (χ2v) is 5.09. The summed E-state index contributed by atoms with van der Waals surface area (Å²) in [6.07, 6.45) is 0. The van der Waals surface area contributed by atoms with Crippen LogP contribution in [-0.4, -0.2) is 71.0 Å². The molecular weight excluding hydrogens is 286 g/mol. The van der Waals surface area contributed by atoms with Crippen LogP contribution < -0.4 is 14.4 Å². The summed E-state index contributed by atoms with van der Waals surface area (Å²) in [4.78, 5) is 1.28. The molecule has 124 valence electrons. The number of ether oxygens (including phenoxy) is 4. The number of hydrogen-bond donors (Lipinski definition) is 2. The minimum absolute atomic E-state index is 0.177. The van der Waals surface area contributed by atoms with Gasteiger partial charge in [-0.05, 0) is 12.1 Å². The van der Waals surface area contributed by atoms with E-state index < -0.39 is 0 Å². The number of aliphatic hydroxyl groups excluding tert-OH is 1. The van der Waals surface area contributed by atoms with Gasteiger partial charge < -0.3 is 29.0 Å². The monoisotopic (exact) mass is 312 g/mol. The highest BCUT2D eigenvalue weighted by Gasteiger charge is 2.09. The van der Waals surface area contributed by atoms with E-state index in [1.54, 1.807) is 0 Å². The van der Waals surface area contributed by atoms with Gasteiger partial charge in [0.1, 0.15) is 32.8 Å². The van der Waals surface area contributed by atoms with Crippen molar-refractivity contribution in [1.29, 1.82) is 0 Å². The second kappa shape index (κ2) is 10.4. The van der Waals surface area contributed by atoms with E-state index >= 15 is 0 Å². The molecule has 0 unspecified atom stereocenters. The number of para-hydroxylation sites is 2. The number of rotatable bonds is 2. The highest BCUT2D eigenvalue weighted by molar-refractivity contribution is 5.39. The van der Waals surface area contributed by atoms with Gasteiger partial charge in [-0.2, -0.15) is 0 Å². The first-order valence-electron chi connectivity index (χ1n) is 7.84. The number of fused-ring (bicyclic) bond motifs is 1.